The van der Waals surface area contributed by atoms with E-state index in [1.165, 1.54) is 83.1 Å². The Kier molecular flexibility index (Phi) is 21.6. The average Bonchev–Trinajstić information content (AvgIpc) is 2.82. The summed E-state index contributed by atoms with van der Waals surface area (Å²) in [5.74, 6) is 0.540. The summed E-state index contributed by atoms with van der Waals surface area (Å²) in [6.07, 6.45) is 21.9. The van der Waals surface area contributed by atoms with Crippen LogP contribution < -0.4 is 4.74 Å². The summed E-state index contributed by atoms with van der Waals surface area (Å²) in [6.45, 7) is 6.79. The zero-order valence-corrected chi connectivity index (χ0v) is 20.8. The van der Waals surface area contributed by atoms with Crippen molar-refractivity contribution >= 4 is 12.0 Å². The Morgan fingerprint density at radius 2 is 1.19 bits per heavy atom. The molecule has 0 aliphatic heterocycles. The molecule has 3 heteroatoms. The summed E-state index contributed by atoms with van der Waals surface area (Å²) in [4.78, 5) is 11.7. The van der Waals surface area contributed by atoms with Gasteiger partial charge in [-0.1, -0.05) is 116 Å². The second-order valence-corrected chi connectivity index (χ2v) is 7.87. The highest BCUT2D eigenvalue weighted by Gasteiger charge is 1.98. The number of carbonyl (C=O) groups is 1. The maximum absolute atomic E-state index is 11.7. The van der Waals surface area contributed by atoms with Crippen LogP contribution in [0, 0.1) is 0 Å². The van der Waals surface area contributed by atoms with E-state index in [1.54, 1.807) is 13.2 Å². The Hall–Kier alpha value is -1.77. The molecule has 178 valence electrons. The van der Waals surface area contributed by atoms with Crippen molar-refractivity contribution in [1.29, 1.82) is 0 Å². The first-order valence-corrected chi connectivity index (χ1v) is 12.7. The second kappa shape index (κ2) is 22.9. The Bertz CT molecular complexity index is 534. The first-order valence-electron chi connectivity index (χ1n) is 12.7. The molecule has 0 saturated heterocycles. The van der Waals surface area contributed by atoms with E-state index in [0.717, 1.165) is 24.2 Å². The lowest BCUT2D eigenvalue weighted by Gasteiger charge is -2.04. The Labute approximate surface area is 192 Å². The number of rotatable bonds is 18. The van der Waals surface area contributed by atoms with Crippen LogP contribution >= 0.6 is 0 Å². The molecule has 0 heterocycles. The van der Waals surface area contributed by atoms with Gasteiger partial charge in [0.05, 0.1) is 13.7 Å². The summed E-state index contributed by atoms with van der Waals surface area (Å²) in [6, 6.07) is 7.58. The summed E-state index contributed by atoms with van der Waals surface area (Å²) in [5.41, 5.74) is 0.958. The molecular formula is C28H48O3. The standard InChI is InChI=1S/C26H42O3.C2H6/c1-3-4-5-6-7-8-9-10-11-12-13-14-15-16-23-29-26(27)22-19-24-17-20-25(28-2)21-18-24;1-2/h17-22H,3-16,23H2,1-2H3;1-2H3. The zero-order chi connectivity index (χ0) is 23.0. The molecule has 1 rings (SSSR count). The highest BCUT2D eigenvalue weighted by Crippen LogP contribution is 2.14. The molecule has 0 aliphatic rings. The lowest BCUT2D eigenvalue weighted by Crippen LogP contribution is -2.02. The van der Waals surface area contributed by atoms with Gasteiger partial charge in [0.1, 0.15) is 5.75 Å². The van der Waals surface area contributed by atoms with Crippen molar-refractivity contribution in [3.05, 3.63) is 35.9 Å². The van der Waals surface area contributed by atoms with Gasteiger partial charge in [0.15, 0.2) is 0 Å². The number of esters is 1. The van der Waals surface area contributed by atoms with E-state index in [9.17, 15) is 4.79 Å². The summed E-state index contributed by atoms with van der Waals surface area (Å²) in [5, 5.41) is 0. The molecule has 0 bridgehead atoms. The number of unbranched alkanes of at least 4 members (excludes halogenated alkanes) is 13. The van der Waals surface area contributed by atoms with Crippen LogP contribution in [0.25, 0.3) is 6.08 Å². The van der Waals surface area contributed by atoms with Gasteiger partial charge in [-0.2, -0.15) is 0 Å². The smallest absolute Gasteiger partial charge is 0.330 e. The molecule has 31 heavy (non-hydrogen) atoms. The highest BCUT2D eigenvalue weighted by molar-refractivity contribution is 5.87. The van der Waals surface area contributed by atoms with Crippen LogP contribution in [0.4, 0.5) is 0 Å². The number of ether oxygens (including phenoxy) is 2. The van der Waals surface area contributed by atoms with Crippen molar-refractivity contribution in [2.24, 2.45) is 0 Å². The van der Waals surface area contributed by atoms with Gasteiger partial charge in [-0.05, 0) is 30.2 Å². The van der Waals surface area contributed by atoms with Crippen LogP contribution in [0.2, 0.25) is 0 Å². The van der Waals surface area contributed by atoms with Crippen molar-refractivity contribution in [1.82, 2.24) is 0 Å². The number of benzene rings is 1. The van der Waals surface area contributed by atoms with E-state index in [-0.39, 0.29) is 5.97 Å². The average molecular weight is 433 g/mol. The molecular weight excluding hydrogens is 384 g/mol. The van der Waals surface area contributed by atoms with Crippen LogP contribution in [0.5, 0.6) is 5.75 Å². The highest BCUT2D eigenvalue weighted by atomic mass is 16.5. The molecule has 0 atom stereocenters. The van der Waals surface area contributed by atoms with E-state index < -0.39 is 0 Å². The lowest BCUT2D eigenvalue weighted by atomic mass is 10.0. The first kappa shape index (κ1) is 29.2. The third-order valence-electron chi connectivity index (χ3n) is 5.27. The van der Waals surface area contributed by atoms with Crippen molar-refractivity contribution in [3.63, 3.8) is 0 Å². The maximum atomic E-state index is 11.7. The predicted octanol–water partition coefficient (Wildman–Crippen LogP) is 8.76. The topological polar surface area (TPSA) is 35.5 Å². The molecule has 0 aliphatic carbocycles. The maximum Gasteiger partial charge on any atom is 0.330 e. The van der Waals surface area contributed by atoms with Crippen LogP contribution in [0.15, 0.2) is 30.3 Å². The van der Waals surface area contributed by atoms with Crippen molar-refractivity contribution in [2.75, 3.05) is 13.7 Å². The van der Waals surface area contributed by atoms with Crippen molar-refractivity contribution in [2.45, 2.75) is 111 Å². The fourth-order valence-electron chi connectivity index (χ4n) is 3.40. The number of hydrogen-bond donors (Lipinski definition) is 0. The normalized spacial score (nSPS) is 10.6. The fourth-order valence-corrected chi connectivity index (χ4v) is 3.40. The molecule has 0 unspecified atom stereocenters. The predicted molar refractivity (Wildman–Crippen MR) is 135 cm³/mol. The molecule has 0 amide bonds. The molecule has 0 aromatic heterocycles. The van der Waals surface area contributed by atoms with Crippen LogP contribution in [-0.2, 0) is 9.53 Å². The molecule has 3 nitrogen and oxygen atoms in total. The SMILES string of the molecule is CC.CCCCCCCCCCCCCCCCOC(=O)C=Cc1ccc(OC)cc1. The first-order chi connectivity index (χ1) is 15.3. The molecule has 1 aromatic carbocycles. The molecule has 1 aromatic rings. The molecule has 0 N–H and O–H groups in total. The number of carbonyl (C=O) groups excluding carboxylic acids is 1. The summed E-state index contributed by atoms with van der Waals surface area (Å²) in [7, 11) is 1.64. The minimum absolute atomic E-state index is 0.268. The van der Waals surface area contributed by atoms with Gasteiger partial charge in [0, 0.05) is 6.08 Å². The van der Waals surface area contributed by atoms with E-state index >= 15 is 0 Å². The minimum Gasteiger partial charge on any atom is -0.497 e. The summed E-state index contributed by atoms with van der Waals surface area (Å²) >= 11 is 0. The largest absolute Gasteiger partial charge is 0.497 e. The Morgan fingerprint density at radius 1 is 0.742 bits per heavy atom. The van der Waals surface area contributed by atoms with Crippen molar-refractivity contribution in [3.8, 4) is 5.75 Å². The van der Waals surface area contributed by atoms with Crippen molar-refractivity contribution < 1.29 is 14.3 Å². The van der Waals surface area contributed by atoms with Gasteiger partial charge in [-0.25, -0.2) is 4.79 Å². The van der Waals surface area contributed by atoms with Gasteiger partial charge in [0.25, 0.3) is 0 Å². The lowest BCUT2D eigenvalue weighted by molar-refractivity contribution is -0.137. The van der Waals surface area contributed by atoms with Gasteiger partial charge in [-0.3, -0.25) is 0 Å². The van der Waals surface area contributed by atoms with Crippen LogP contribution in [0.3, 0.4) is 0 Å². The van der Waals surface area contributed by atoms with Crippen LogP contribution in [-0.4, -0.2) is 19.7 Å². The fraction of sp³-hybridized carbons (Fsp3) is 0.679. The third kappa shape index (κ3) is 18.7. The molecule has 0 spiro atoms. The minimum atomic E-state index is -0.268. The molecule has 0 saturated carbocycles. The molecule has 0 radical (unpaired) electrons. The molecule has 0 fully saturated rings. The van der Waals surface area contributed by atoms with Crippen LogP contribution in [0.1, 0.15) is 116 Å². The van der Waals surface area contributed by atoms with E-state index in [1.807, 2.05) is 38.1 Å². The quantitative estimate of drug-likeness (QED) is 0.132. The summed E-state index contributed by atoms with van der Waals surface area (Å²) < 4.78 is 10.4. The van der Waals surface area contributed by atoms with Gasteiger partial charge >= 0.3 is 5.97 Å². The number of hydrogen-bond acceptors (Lipinski definition) is 3. The van der Waals surface area contributed by atoms with Gasteiger partial charge < -0.3 is 9.47 Å². The monoisotopic (exact) mass is 432 g/mol. The second-order valence-electron chi connectivity index (χ2n) is 7.87. The van der Waals surface area contributed by atoms with E-state index in [2.05, 4.69) is 6.92 Å². The van der Waals surface area contributed by atoms with Gasteiger partial charge in [0.2, 0.25) is 0 Å². The Morgan fingerprint density at radius 3 is 1.65 bits per heavy atom. The Balaban J connectivity index is 0.00000436. The van der Waals surface area contributed by atoms with Gasteiger partial charge in [-0.15, -0.1) is 0 Å². The zero-order valence-electron chi connectivity index (χ0n) is 20.8. The van der Waals surface area contributed by atoms with E-state index in [4.69, 9.17) is 9.47 Å². The third-order valence-corrected chi connectivity index (χ3v) is 5.27. The number of methoxy groups -OCH3 is 1. The van der Waals surface area contributed by atoms with E-state index in [0.29, 0.717) is 6.61 Å².